The summed E-state index contributed by atoms with van der Waals surface area (Å²) in [5.74, 6) is 0.771. The standard InChI is InChI=1S/C15H27NO2/c1-4-18-13(17)15(16-11-12-5-6-12)9-7-14(2,3)8-10-15/h12,16H,4-11H2,1-3H3. The van der Waals surface area contributed by atoms with Crippen molar-refractivity contribution in [3.05, 3.63) is 0 Å². The average Bonchev–Trinajstić information content (AvgIpc) is 3.12. The van der Waals surface area contributed by atoms with Gasteiger partial charge in [0.25, 0.3) is 0 Å². The van der Waals surface area contributed by atoms with Gasteiger partial charge < -0.3 is 10.1 Å². The Morgan fingerprint density at radius 2 is 1.83 bits per heavy atom. The summed E-state index contributed by atoms with van der Waals surface area (Å²) < 4.78 is 5.30. The highest BCUT2D eigenvalue weighted by atomic mass is 16.5. The first-order valence-corrected chi connectivity index (χ1v) is 7.40. The van der Waals surface area contributed by atoms with Crippen LogP contribution in [0.3, 0.4) is 0 Å². The van der Waals surface area contributed by atoms with E-state index in [2.05, 4.69) is 19.2 Å². The fourth-order valence-electron chi connectivity index (χ4n) is 2.74. The normalized spacial score (nSPS) is 25.7. The number of carbonyl (C=O) groups is 1. The molecule has 2 saturated carbocycles. The number of nitrogens with one attached hydrogen (secondary N) is 1. The van der Waals surface area contributed by atoms with Crippen molar-refractivity contribution in [3.63, 3.8) is 0 Å². The van der Waals surface area contributed by atoms with E-state index in [4.69, 9.17) is 4.74 Å². The number of ether oxygens (including phenoxy) is 1. The first-order valence-electron chi connectivity index (χ1n) is 7.40. The van der Waals surface area contributed by atoms with Crippen LogP contribution in [0.25, 0.3) is 0 Å². The van der Waals surface area contributed by atoms with Crippen LogP contribution in [0.4, 0.5) is 0 Å². The van der Waals surface area contributed by atoms with Crippen LogP contribution >= 0.6 is 0 Å². The van der Waals surface area contributed by atoms with Crippen molar-refractivity contribution in [2.45, 2.75) is 64.8 Å². The van der Waals surface area contributed by atoms with Crippen LogP contribution in [-0.4, -0.2) is 24.7 Å². The van der Waals surface area contributed by atoms with Crippen molar-refractivity contribution < 1.29 is 9.53 Å². The molecule has 0 heterocycles. The molecule has 3 heteroatoms. The molecule has 2 fully saturated rings. The van der Waals surface area contributed by atoms with Crippen molar-refractivity contribution >= 4 is 5.97 Å². The zero-order chi connectivity index (χ0) is 13.2. The molecule has 0 aromatic rings. The summed E-state index contributed by atoms with van der Waals surface area (Å²) in [6.45, 7) is 7.94. The molecule has 3 nitrogen and oxygen atoms in total. The zero-order valence-corrected chi connectivity index (χ0v) is 12.1. The van der Waals surface area contributed by atoms with Gasteiger partial charge in [0.15, 0.2) is 0 Å². The van der Waals surface area contributed by atoms with Crippen molar-refractivity contribution in [1.29, 1.82) is 0 Å². The number of esters is 1. The fraction of sp³-hybridized carbons (Fsp3) is 0.933. The van der Waals surface area contributed by atoms with E-state index in [1.54, 1.807) is 0 Å². The summed E-state index contributed by atoms with van der Waals surface area (Å²) in [5, 5.41) is 3.54. The maximum atomic E-state index is 12.3. The largest absolute Gasteiger partial charge is 0.465 e. The second-order valence-electron chi connectivity index (χ2n) is 6.79. The molecule has 0 amide bonds. The lowest BCUT2D eigenvalue weighted by molar-refractivity contribution is -0.153. The van der Waals surface area contributed by atoms with Gasteiger partial charge in [0, 0.05) is 0 Å². The smallest absolute Gasteiger partial charge is 0.326 e. The van der Waals surface area contributed by atoms with E-state index in [0.717, 1.165) is 38.1 Å². The summed E-state index contributed by atoms with van der Waals surface area (Å²) >= 11 is 0. The molecule has 1 N–H and O–H groups in total. The van der Waals surface area contributed by atoms with Gasteiger partial charge in [-0.2, -0.15) is 0 Å². The molecule has 18 heavy (non-hydrogen) atoms. The Bertz CT molecular complexity index is 292. The molecular formula is C15H27NO2. The Labute approximate surface area is 111 Å². The highest BCUT2D eigenvalue weighted by Crippen LogP contribution is 2.41. The van der Waals surface area contributed by atoms with E-state index < -0.39 is 5.54 Å². The van der Waals surface area contributed by atoms with Crippen molar-refractivity contribution in [1.82, 2.24) is 5.32 Å². The monoisotopic (exact) mass is 253 g/mol. The second-order valence-corrected chi connectivity index (χ2v) is 6.79. The van der Waals surface area contributed by atoms with E-state index >= 15 is 0 Å². The number of rotatable bonds is 5. The van der Waals surface area contributed by atoms with Crippen LogP contribution in [0.1, 0.15) is 59.3 Å². The lowest BCUT2D eigenvalue weighted by Crippen LogP contribution is -2.56. The highest BCUT2D eigenvalue weighted by Gasteiger charge is 2.45. The first kappa shape index (κ1) is 13.9. The van der Waals surface area contributed by atoms with Crippen LogP contribution in [0, 0.1) is 11.3 Å². The number of hydrogen-bond acceptors (Lipinski definition) is 3. The molecule has 2 aliphatic rings. The predicted octanol–water partition coefficient (Wildman–Crippen LogP) is 2.89. The Morgan fingerprint density at radius 1 is 1.22 bits per heavy atom. The van der Waals surface area contributed by atoms with Gasteiger partial charge in [0.2, 0.25) is 0 Å². The van der Waals surface area contributed by atoms with Gasteiger partial charge in [0.1, 0.15) is 5.54 Å². The van der Waals surface area contributed by atoms with Gasteiger partial charge in [0.05, 0.1) is 6.61 Å². The fourth-order valence-corrected chi connectivity index (χ4v) is 2.74. The van der Waals surface area contributed by atoms with Gasteiger partial charge in [-0.3, -0.25) is 4.79 Å². The Kier molecular flexibility index (Phi) is 4.00. The van der Waals surface area contributed by atoms with E-state index in [1.165, 1.54) is 12.8 Å². The third-order valence-corrected chi connectivity index (χ3v) is 4.55. The minimum atomic E-state index is -0.395. The summed E-state index contributed by atoms with van der Waals surface area (Å²) in [6, 6.07) is 0. The minimum absolute atomic E-state index is 0.0267. The molecule has 0 aliphatic heterocycles. The molecule has 2 rings (SSSR count). The molecule has 0 bridgehead atoms. The summed E-state index contributed by atoms with van der Waals surface area (Å²) in [7, 11) is 0. The molecule has 0 radical (unpaired) electrons. The summed E-state index contributed by atoms with van der Waals surface area (Å²) in [6.07, 6.45) is 6.68. The van der Waals surface area contributed by atoms with Crippen molar-refractivity contribution in [3.8, 4) is 0 Å². The maximum Gasteiger partial charge on any atom is 0.326 e. The molecule has 0 unspecified atom stereocenters. The second kappa shape index (κ2) is 5.20. The van der Waals surface area contributed by atoms with E-state index in [9.17, 15) is 4.79 Å². The van der Waals surface area contributed by atoms with Crippen LogP contribution in [0.15, 0.2) is 0 Å². The van der Waals surface area contributed by atoms with Crippen molar-refractivity contribution in [2.24, 2.45) is 11.3 Å². The Balaban J connectivity index is 1.99. The maximum absolute atomic E-state index is 12.3. The average molecular weight is 253 g/mol. The number of carbonyl (C=O) groups excluding carboxylic acids is 1. The van der Waals surface area contributed by atoms with E-state index in [-0.39, 0.29) is 5.97 Å². The summed E-state index contributed by atoms with van der Waals surface area (Å²) in [5.41, 5.74) is -0.0224. The SMILES string of the molecule is CCOC(=O)C1(NCC2CC2)CCC(C)(C)CC1. The van der Waals surface area contributed by atoms with Gasteiger partial charge in [-0.1, -0.05) is 13.8 Å². The van der Waals surface area contributed by atoms with E-state index in [0.29, 0.717) is 12.0 Å². The van der Waals surface area contributed by atoms with Crippen LogP contribution < -0.4 is 5.32 Å². The van der Waals surface area contributed by atoms with Gasteiger partial charge in [-0.15, -0.1) is 0 Å². The predicted molar refractivity (Wildman–Crippen MR) is 72.3 cm³/mol. The zero-order valence-electron chi connectivity index (χ0n) is 12.1. The molecule has 0 aromatic heterocycles. The van der Waals surface area contributed by atoms with Gasteiger partial charge >= 0.3 is 5.97 Å². The van der Waals surface area contributed by atoms with Crippen LogP contribution in [0.5, 0.6) is 0 Å². The summed E-state index contributed by atoms with van der Waals surface area (Å²) in [4.78, 5) is 12.3. The van der Waals surface area contributed by atoms with Crippen LogP contribution in [0.2, 0.25) is 0 Å². The van der Waals surface area contributed by atoms with Gasteiger partial charge in [-0.25, -0.2) is 0 Å². The Morgan fingerprint density at radius 3 is 2.33 bits per heavy atom. The molecule has 2 aliphatic carbocycles. The Hall–Kier alpha value is -0.570. The first-order chi connectivity index (χ1) is 8.47. The van der Waals surface area contributed by atoms with Crippen molar-refractivity contribution in [2.75, 3.05) is 13.2 Å². The molecule has 104 valence electrons. The minimum Gasteiger partial charge on any atom is -0.465 e. The lowest BCUT2D eigenvalue weighted by Gasteiger charge is -2.42. The van der Waals surface area contributed by atoms with Gasteiger partial charge in [-0.05, 0) is 63.3 Å². The number of hydrogen-bond donors (Lipinski definition) is 1. The quantitative estimate of drug-likeness (QED) is 0.766. The molecule has 0 spiro atoms. The molecule has 0 atom stereocenters. The molecule has 0 saturated heterocycles. The lowest BCUT2D eigenvalue weighted by atomic mass is 9.69. The van der Waals surface area contributed by atoms with E-state index in [1.807, 2.05) is 6.92 Å². The third kappa shape index (κ3) is 3.25. The highest BCUT2D eigenvalue weighted by molar-refractivity contribution is 5.81. The topological polar surface area (TPSA) is 38.3 Å². The van der Waals surface area contributed by atoms with Crippen LogP contribution in [-0.2, 0) is 9.53 Å². The third-order valence-electron chi connectivity index (χ3n) is 4.55. The molecular weight excluding hydrogens is 226 g/mol. The molecule has 0 aromatic carbocycles.